The molecule has 0 aliphatic heterocycles. The average molecular weight is 222 g/mol. The molecule has 0 heterocycles. The first-order valence-electron chi connectivity index (χ1n) is 5.21. The van der Waals surface area contributed by atoms with Gasteiger partial charge in [0.1, 0.15) is 5.75 Å². The third-order valence-corrected chi connectivity index (χ3v) is 2.49. The summed E-state index contributed by atoms with van der Waals surface area (Å²) in [6.07, 6.45) is 0. The molecular formula is C12H18N2O2. The van der Waals surface area contributed by atoms with Crippen LogP contribution in [0.3, 0.4) is 0 Å². The van der Waals surface area contributed by atoms with Gasteiger partial charge >= 0.3 is 0 Å². The number of hydrogen-bond donors (Lipinski definition) is 2. The smallest absolute Gasteiger partial charge is 0.271 e. The lowest BCUT2D eigenvalue weighted by atomic mass is 10.1. The molecule has 0 unspecified atom stereocenters. The fourth-order valence-electron chi connectivity index (χ4n) is 1.46. The second-order valence-electron chi connectivity index (χ2n) is 3.74. The Bertz CT molecular complexity index is 389. The van der Waals surface area contributed by atoms with Crippen LogP contribution in [0.15, 0.2) is 12.1 Å². The van der Waals surface area contributed by atoms with Gasteiger partial charge in [0, 0.05) is 7.05 Å². The summed E-state index contributed by atoms with van der Waals surface area (Å²) in [5, 5.41) is 0. The minimum absolute atomic E-state index is 0.0198. The van der Waals surface area contributed by atoms with Crippen LogP contribution in [0.1, 0.15) is 16.7 Å². The molecule has 0 fully saturated rings. The Labute approximate surface area is 96.0 Å². The van der Waals surface area contributed by atoms with Crippen molar-refractivity contribution in [1.29, 1.82) is 0 Å². The number of benzene rings is 1. The van der Waals surface area contributed by atoms with Crippen molar-refractivity contribution < 1.29 is 9.53 Å². The van der Waals surface area contributed by atoms with Crippen molar-refractivity contribution in [3.8, 4) is 5.75 Å². The van der Waals surface area contributed by atoms with E-state index in [9.17, 15) is 4.79 Å². The first-order valence-corrected chi connectivity index (χ1v) is 5.21. The van der Waals surface area contributed by atoms with E-state index in [1.165, 1.54) is 0 Å². The van der Waals surface area contributed by atoms with E-state index in [0.717, 1.165) is 22.4 Å². The van der Waals surface area contributed by atoms with Gasteiger partial charge in [0.15, 0.2) is 6.61 Å². The van der Waals surface area contributed by atoms with E-state index < -0.39 is 0 Å². The van der Waals surface area contributed by atoms with E-state index in [2.05, 4.69) is 10.9 Å². The van der Waals surface area contributed by atoms with E-state index in [1.807, 2.05) is 32.9 Å². The number of rotatable bonds is 4. The molecule has 4 heteroatoms. The largest absolute Gasteiger partial charge is 0.483 e. The molecule has 0 aliphatic carbocycles. The van der Waals surface area contributed by atoms with Crippen molar-refractivity contribution in [2.75, 3.05) is 13.7 Å². The molecule has 0 radical (unpaired) electrons. The van der Waals surface area contributed by atoms with Crippen LogP contribution in [0.5, 0.6) is 5.75 Å². The zero-order valence-corrected chi connectivity index (χ0v) is 10.2. The maximum Gasteiger partial charge on any atom is 0.271 e. The Hall–Kier alpha value is -1.55. The summed E-state index contributed by atoms with van der Waals surface area (Å²) in [7, 11) is 1.64. The lowest BCUT2D eigenvalue weighted by Crippen LogP contribution is -2.37. The monoisotopic (exact) mass is 222 g/mol. The van der Waals surface area contributed by atoms with Gasteiger partial charge in [0.05, 0.1) is 0 Å². The van der Waals surface area contributed by atoms with Gasteiger partial charge in [0.2, 0.25) is 0 Å². The summed E-state index contributed by atoms with van der Waals surface area (Å²) in [5.74, 6) is 0.606. The molecule has 0 saturated carbocycles. The minimum atomic E-state index is -0.192. The molecule has 4 nitrogen and oxygen atoms in total. The van der Waals surface area contributed by atoms with Crippen LogP contribution in [0.25, 0.3) is 0 Å². The van der Waals surface area contributed by atoms with Gasteiger partial charge in [-0.15, -0.1) is 0 Å². The molecule has 0 bridgehead atoms. The topological polar surface area (TPSA) is 50.4 Å². The number of hydrogen-bond acceptors (Lipinski definition) is 3. The van der Waals surface area contributed by atoms with E-state index in [-0.39, 0.29) is 12.5 Å². The molecule has 0 aliphatic rings. The molecule has 2 N–H and O–H groups in total. The zero-order chi connectivity index (χ0) is 12.1. The quantitative estimate of drug-likeness (QED) is 0.754. The highest BCUT2D eigenvalue weighted by molar-refractivity contribution is 5.77. The fourth-order valence-corrected chi connectivity index (χ4v) is 1.46. The average Bonchev–Trinajstić information content (AvgIpc) is 2.24. The molecule has 88 valence electrons. The van der Waals surface area contributed by atoms with Crippen molar-refractivity contribution in [3.05, 3.63) is 28.8 Å². The lowest BCUT2D eigenvalue weighted by molar-refractivity contribution is -0.123. The van der Waals surface area contributed by atoms with Crippen LogP contribution in [-0.4, -0.2) is 19.6 Å². The standard InChI is InChI=1S/C12H18N2O2/c1-8-5-6-9(2)12(10(8)3)16-7-11(15)14-13-4/h5-6,13H,7H2,1-4H3,(H,14,15). The van der Waals surface area contributed by atoms with Gasteiger partial charge in [-0.25, -0.2) is 5.43 Å². The molecule has 0 saturated heterocycles. The van der Waals surface area contributed by atoms with Gasteiger partial charge in [-0.2, -0.15) is 0 Å². The van der Waals surface area contributed by atoms with E-state index >= 15 is 0 Å². The molecule has 1 aromatic rings. The zero-order valence-electron chi connectivity index (χ0n) is 10.2. The van der Waals surface area contributed by atoms with Gasteiger partial charge in [0.25, 0.3) is 5.91 Å². The number of carbonyl (C=O) groups is 1. The summed E-state index contributed by atoms with van der Waals surface area (Å²) in [4.78, 5) is 11.2. The third-order valence-electron chi connectivity index (χ3n) is 2.49. The molecule has 1 amide bonds. The third kappa shape index (κ3) is 2.97. The number of hydrazine groups is 1. The highest BCUT2D eigenvalue weighted by Crippen LogP contribution is 2.25. The summed E-state index contributed by atoms with van der Waals surface area (Å²) in [6.45, 7) is 6.01. The van der Waals surface area contributed by atoms with Crippen LogP contribution in [-0.2, 0) is 4.79 Å². The predicted molar refractivity (Wildman–Crippen MR) is 63.4 cm³/mol. The summed E-state index contributed by atoms with van der Waals surface area (Å²) in [5.41, 5.74) is 8.30. The van der Waals surface area contributed by atoms with Crippen molar-refractivity contribution in [1.82, 2.24) is 10.9 Å². The summed E-state index contributed by atoms with van der Waals surface area (Å²) in [6, 6.07) is 4.04. The van der Waals surface area contributed by atoms with Crippen molar-refractivity contribution in [2.24, 2.45) is 0 Å². The van der Waals surface area contributed by atoms with Crippen LogP contribution < -0.4 is 15.6 Å². The highest BCUT2D eigenvalue weighted by Gasteiger charge is 2.08. The maximum absolute atomic E-state index is 11.2. The molecule has 0 aromatic heterocycles. The number of carbonyl (C=O) groups excluding carboxylic acids is 1. The second kappa shape index (κ2) is 5.51. The van der Waals surface area contributed by atoms with E-state index in [4.69, 9.17) is 4.74 Å². The van der Waals surface area contributed by atoms with Crippen LogP contribution in [0, 0.1) is 20.8 Å². The lowest BCUT2D eigenvalue weighted by Gasteiger charge is -2.13. The Morgan fingerprint density at radius 1 is 1.25 bits per heavy atom. The number of ether oxygens (including phenoxy) is 1. The number of nitrogens with one attached hydrogen (secondary N) is 2. The Kier molecular flexibility index (Phi) is 4.31. The summed E-state index contributed by atoms with van der Waals surface area (Å²) >= 11 is 0. The Morgan fingerprint density at radius 2 is 1.88 bits per heavy atom. The van der Waals surface area contributed by atoms with Crippen molar-refractivity contribution in [2.45, 2.75) is 20.8 Å². The van der Waals surface area contributed by atoms with Crippen molar-refractivity contribution in [3.63, 3.8) is 0 Å². The van der Waals surface area contributed by atoms with Gasteiger partial charge in [-0.05, 0) is 37.5 Å². The number of aryl methyl sites for hydroxylation is 2. The van der Waals surface area contributed by atoms with Crippen LogP contribution in [0.4, 0.5) is 0 Å². The van der Waals surface area contributed by atoms with Crippen molar-refractivity contribution >= 4 is 5.91 Å². The first kappa shape index (κ1) is 12.5. The molecule has 0 spiro atoms. The van der Waals surface area contributed by atoms with Gasteiger partial charge in [-0.1, -0.05) is 12.1 Å². The predicted octanol–water partition coefficient (Wildman–Crippen LogP) is 1.24. The Balaban J connectivity index is 2.74. The Morgan fingerprint density at radius 3 is 2.50 bits per heavy atom. The normalized spacial score (nSPS) is 10.0. The second-order valence-corrected chi connectivity index (χ2v) is 3.74. The highest BCUT2D eigenvalue weighted by atomic mass is 16.5. The van der Waals surface area contributed by atoms with Gasteiger partial charge < -0.3 is 4.74 Å². The fraction of sp³-hybridized carbons (Fsp3) is 0.417. The molecular weight excluding hydrogens is 204 g/mol. The maximum atomic E-state index is 11.2. The molecule has 16 heavy (non-hydrogen) atoms. The number of amides is 1. The van der Waals surface area contributed by atoms with Crippen LogP contribution >= 0.6 is 0 Å². The van der Waals surface area contributed by atoms with E-state index in [0.29, 0.717) is 0 Å². The molecule has 0 atom stereocenters. The minimum Gasteiger partial charge on any atom is -0.483 e. The van der Waals surface area contributed by atoms with Crippen LogP contribution in [0.2, 0.25) is 0 Å². The SMILES string of the molecule is CNNC(=O)COc1c(C)ccc(C)c1C. The van der Waals surface area contributed by atoms with Gasteiger partial charge in [-0.3, -0.25) is 10.2 Å². The molecule has 1 aromatic carbocycles. The summed E-state index contributed by atoms with van der Waals surface area (Å²) < 4.78 is 5.51. The van der Waals surface area contributed by atoms with E-state index in [1.54, 1.807) is 7.05 Å². The first-order chi connectivity index (χ1) is 7.56. The molecule has 1 rings (SSSR count).